The first-order chi connectivity index (χ1) is 9.29. The quantitative estimate of drug-likeness (QED) is 0.698. The van der Waals surface area contributed by atoms with Crippen LogP contribution in [0.1, 0.15) is 25.3 Å². The van der Waals surface area contributed by atoms with E-state index < -0.39 is 0 Å². The number of benzene rings is 2. The Labute approximate surface area is 112 Å². The van der Waals surface area contributed by atoms with Crippen molar-refractivity contribution in [3.8, 4) is 5.75 Å². The van der Waals surface area contributed by atoms with E-state index in [2.05, 4.69) is 11.9 Å². The highest BCUT2D eigenvalue weighted by molar-refractivity contribution is 5.96. The molecule has 0 unspecified atom stereocenters. The molecular formula is C17H17NO. The van der Waals surface area contributed by atoms with Crippen LogP contribution in [0, 0.1) is 0 Å². The summed E-state index contributed by atoms with van der Waals surface area (Å²) in [6, 6.07) is 14.0. The molecule has 96 valence electrons. The Morgan fingerprint density at radius 1 is 1.05 bits per heavy atom. The molecule has 0 spiro atoms. The van der Waals surface area contributed by atoms with Crippen molar-refractivity contribution in [1.82, 2.24) is 4.98 Å². The van der Waals surface area contributed by atoms with Crippen molar-refractivity contribution in [2.45, 2.75) is 26.2 Å². The van der Waals surface area contributed by atoms with E-state index in [1.165, 1.54) is 0 Å². The summed E-state index contributed by atoms with van der Waals surface area (Å²) in [5.74, 6) is 0.393. The van der Waals surface area contributed by atoms with Crippen molar-refractivity contribution >= 4 is 21.8 Å². The van der Waals surface area contributed by atoms with Gasteiger partial charge in [-0.2, -0.15) is 0 Å². The van der Waals surface area contributed by atoms with Gasteiger partial charge >= 0.3 is 0 Å². The highest BCUT2D eigenvalue weighted by Gasteiger charge is 2.08. The van der Waals surface area contributed by atoms with Crippen LogP contribution in [-0.4, -0.2) is 10.1 Å². The van der Waals surface area contributed by atoms with Crippen molar-refractivity contribution in [3.05, 3.63) is 48.0 Å². The van der Waals surface area contributed by atoms with E-state index in [1.54, 1.807) is 0 Å². The zero-order valence-corrected chi connectivity index (χ0v) is 11.1. The normalized spacial score (nSPS) is 11.2. The second-order valence-electron chi connectivity index (χ2n) is 4.92. The van der Waals surface area contributed by atoms with Crippen LogP contribution < -0.4 is 0 Å². The molecule has 3 rings (SSSR count). The summed E-state index contributed by atoms with van der Waals surface area (Å²) in [7, 11) is 0. The van der Waals surface area contributed by atoms with E-state index in [4.69, 9.17) is 0 Å². The Kier molecular flexibility index (Phi) is 3.08. The van der Waals surface area contributed by atoms with Gasteiger partial charge in [-0.15, -0.1) is 0 Å². The molecular weight excluding hydrogens is 234 g/mol. The maximum atomic E-state index is 10.4. The third-order valence-corrected chi connectivity index (χ3v) is 3.55. The standard InChI is InChI=1S/C17H17NO/c1-2-3-6-12-9-10-16-14(17(12)19)11-13-7-4-5-8-15(13)18-16/h4-5,7-11,19H,2-3,6H2,1H3. The highest BCUT2D eigenvalue weighted by atomic mass is 16.3. The van der Waals surface area contributed by atoms with E-state index in [1.807, 2.05) is 42.5 Å². The number of aryl methyl sites for hydroxylation is 1. The molecule has 19 heavy (non-hydrogen) atoms. The molecule has 2 heteroatoms. The summed E-state index contributed by atoms with van der Waals surface area (Å²) in [6.07, 6.45) is 3.15. The van der Waals surface area contributed by atoms with Crippen LogP contribution in [0.2, 0.25) is 0 Å². The molecule has 1 aromatic heterocycles. The second-order valence-corrected chi connectivity index (χ2v) is 4.92. The summed E-state index contributed by atoms with van der Waals surface area (Å²) in [6.45, 7) is 2.16. The minimum Gasteiger partial charge on any atom is -0.507 e. The first-order valence-electron chi connectivity index (χ1n) is 6.80. The summed E-state index contributed by atoms with van der Waals surface area (Å²) >= 11 is 0. The molecule has 0 aliphatic heterocycles. The molecule has 1 heterocycles. The Morgan fingerprint density at radius 2 is 1.89 bits per heavy atom. The van der Waals surface area contributed by atoms with Crippen molar-refractivity contribution in [1.29, 1.82) is 0 Å². The number of phenolic OH excluding ortho intramolecular Hbond substituents is 1. The van der Waals surface area contributed by atoms with Crippen molar-refractivity contribution in [2.75, 3.05) is 0 Å². The van der Waals surface area contributed by atoms with Gasteiger partial charge < -0.3 is 5.11 Å². The van der Waals surface area contributed by atoms with Crippen LogP contribution >= 0.6 is 0 Å². The zero-order chi connectivity index (χ0) is 13.2. The van der Waals surface area contributed by atoms with Gasteiger partial charge in [0.2, 0.25) is 0 Å². The number of rotatable bonds is 3. The van der Waals surface area contributed by atoms with Crippen LogP contribution in [0.3, 0.4) is 0 Å². The predicted octanol–water partition coefficient (Wildman–Crippen LogP) is 4.44. The maximum absolute atomic E-state index is 10.4. The minimum absolute atomic E-state index is 0.393. The molecule has 0 aliphatic carbocycles. The Hall–Kier alpha value is -2.09. The largest absolute Gasteiger partial charge is 0.507 e. The van der Waals surface area contributed by atoms with Crippen LogP contribution in [-0.2, 0) is 6.42 Å². The van der Waals surface area contributed by atoms with Crippen LogP contribution in [0.15, 0.2) is 42.5 Å². The molecule has 0 fully saturated rings. The number of unbranched alkanes of at least 4 members (excludes halogenated alkanes) is 1. The Balaban J connectivity index is 2.21. The van der Waals surface area contributed by atoms with E-state index in [0.29, 0.717) is 5.75 Å². The molecule has 0 amide bonds. The van der Waals surface area contributed by atoms with Gasteiger partial charge in [0, 0.05) is 10.8 Å². The van der Waals surface area contributed by atoms with Crippen molar-refractivity contribution in [2.24, 2.45) is 0 Å². The number of fused-ring (bicyclic) bond motifs is 2. The topological polar surface area (TPSA) is 33.1 Å². The smallest absolute Gasteiger partial charge is 0.128 e. The lowest BCUT2D eigenvalue weighted by molar-refractivity contribution is 0.473. The highest BCUT2D eigenvalue weighted by Crippen LogP contribution is 2.31. The summed E-state index contributed by atoms with van der Waals surface area (Å²) in [5.41, 5.74) is 2.85. The second kappa shape index (κ2) is 4.88. The van der Waals surface area contributed by atoms with Crippen LogP contribution in [0.5, 0.6) is 5.75 Å². The number of hydrogen-bond acceptors (Lipinski definition) is 2. The first-order valence-corrected chi connectivity index (χ1v) is 6.80. The monoisotopic (exact) mass is 251 g/mol. The van der Waals surface area contributed by atoms with Crippen LogP contribution in [0.25, 0.3) is 21.8 Å². The van der Waals surface area contributed by atoms with Gasteiger partial charge in [-0.3, -0.25) is 0 Å². The number of pyridine rings is 1. The van der Waals surface area contributed by atoms with E-state index >= 15 is 0 Å². The van der Waals surface area contributed by atoms with Crippen molar-refractivity contribution in [3.63, 3.8) is 0 Å². The molecule has 2 nitrogen and oxygen atoms in total. The number of nitrogens with zero attached hydrogens (tertiary/aromatic N) is 1. The zero-order valence-electron chi connectivity index (χ0n) is 11.1. The lowest BCUT2D eigenvalue weighted by Crippen LogP contribution is -1.89. The van der Waals surface area contributed by atoms with Gasteiger partial charge in [0.25, 0.3) is 0 Å². The Morgan fingerprint density at radius 3 is 2.74 bits per heavy atom. The molecule has 1 N–H and O–H groups in total. The molecule has 0 bridgehead atoms. The summed E-state index contributed by atoms with van der Waals surface area (Å²) in [5, 5.41) is 12.3. The molecule has 0 aliphatic rings. The molecule has 0 atom stereocenters. The predicted molar refractivity (Wildman–Crippen MR) is 79.5 cm³/mol. The Bertz CT molecular complexity index is 734. The number of para-hydroxylation sites is 1. The number of hydrogen-bond donors (Lipinski definition) is 1. The third kappa shape index (κ3) is 2.14. The fourth-order valence-electron chi connectivity index (χ4n) is 2.45. The summed E-state index contributed by atoms with van der Waals surface area (Å²) < 4.78 is 0. The maximum Gasteiger partial charge on any atom is 0.128 e. The van der Waals surface area contributed by atoms with Gasteiger partial charge in [0.1, 0.15) is 5.75 Å². The van der Waals surface area contributed by atoms with Gasteiger partial charge in [-0.25, -0.2) is 4.98 Å². The lowest BCUT2D eigenvalue weighted by Gasteiger charge is -2.08. The third-order valence-electron chi connectivity index (χ3n) is 3.55. The minimum atomic E-state index is 0.393. The van der Waals surface area contributed by atoms with E-state index in [0.717, 1.165) is 46.6 Å². The van der Waals surface area contributed by atoms with Crippen LogP contribution in [0.4, 0.5) is 0 Å². The van der Waals surface area contributed by atoms with Gasteiger partial charge in [0.05, 0.1) is 11.0 Å². The lowest BCUT2D eigenvalue weighted by atomic mass is 10.0. The first kappa shape index (κ1) is 12.0. The van der Waals surface area contributed by atoms with Crippen molar-refractivity contribution < 1.29 is 5.11 Å². The summed E-state index contributed by atoms with van der Waals surface area (Å²) in [4.78, 5) is 4.60. The molecule has 0 saturated heterocycles. The molecule has 0 radical (unpaired) electrons. The number of aromatic hydroxyl groups is 1. The van der Waals surface area contributed by atoms with E-state index in [-0.39, 0.29) is 0 Å². The number of aromatic nitrogens is 1. The average Bonchev–Trinajstić information content (AvgIpc) is 2.45. The fraction of sp³-hybridized carbons (Fsp3) is 0.235. The number of phenols is 1. The average molecular weight is 251 g/mol. The molecule has 2 aromatic carbocycles. The van der Waals surface area contributed by atoms with Gasteiger partial charge in [0.15, 0.2) is 0 Å². The molecule has 3 aromatic rings. The SMILES string of the molecule is CCCCc1ccc2nc3ccccc3cc2c1O. The van der Waals surface area contributed by atoms with Gasteiger partial charge in [-0.05, 0) is 36.6 Å². The molecule has 0 saturated carbocycles. The fourth-order valence-corrected chi connectivity index (χ4v) is 2.45. The van der Waals surface area contributed by atoms with Gasteiger partial charge in [-0.1, -0.05) is 37.6 Å². The van der Waals surface area contributed by atoms with E-state index in [9.17, 15) is 5.11 Å².